The Morgan fingerprint density at radius 1 is 1.35 bits per heavy atom. The number of hydrogen-bond acceptors (Lipinski definition) is 3. The van der Waals surface area contributed by atoms with Crippen LogP contribution in [0.5, 0.6) is 0 Å². The predicted octanol–water partition coefficient (Wildman–Crippen LogP) is 3.11. The molecule has 2 rings (SSSR count). The van der Waals surface area contributed by atoms with Crippen molar-refractivity contribution in [1.29, 1.82) is 0 Å². The lowest BCUT2D eigenvalue weighted by atomic mass is 10.1. The van der Waals surface area contributed by atoms with Crippen molar-refractivity contribution in [3.63, 3.8) is 0 Å². The molecule has 20 heavy (non-hydrogen) atoms. The first-order valence-corrected chi connectivity index (χ1v) is 8.67. The first-order valence-electron chi connectivity index (χ1n) is 7.79. The van der Waals surface area contributed by atoms with Crippen LogP contribution in [0.25, 0.3) is 0 Å². The Kier molecular flexibility index (Phi) is 6.54. The second kappa shape index (κ2) is 8.42. The fourth-order valence-electron chi connectivity index (χ4n) is 2.77. The van der Waals surface area contributed by atoms with Gasteiger partial charge >= 0.3 is 0 Å². The number of carbonyl (C=O) groups is 1. The monoisotopic (exact) mass is 294 g/mol. The van der Waals surface area contributed by atoms with E-state index in [4.69, 9.17) is 0 Å². The zero-order chi connectivity index (χ0) is 14.2. The number of thiophene rings is 1. The van der Waals surface area contributed by atoms with E-state index >= 15 is 0 Å². The van der Waals surface area contributed by atoms with Crippen LogP contribution in [0.3, 0.4) is 0 Å². The lowest BCUT2D eigenvalue weighted by molar-refractivity contribution is -0.121. The van der Waals surface area contributed by atoms with Gasteiger partial charge in [-0.3, -0.25) is 4.79 Å². The third kappa shape index (κ3) is 5.63. The van der Waals surface area contributed by atoms with Gasteiger partial charge in [0.2, 0.25) is 5.91 Å². The van der Waals surface area contributed by atoms with Crippen molar-refractivity contribution in [3.8, 4) is 0 Å². The molecular formula is C16H26N2OS. The van der Waals surface area contributed by atoms with Crippen molar-refractivity contribution in [2.24, 2.45) is 0 Å². The molecule has 3 nitrogen and oxygen atoms in total. The fraction of sp³-hybridized carbons (Fsp3) is 0.688. The third-order valence-corrected chi connectivity index (χ3v) is 4.82. The van der Waals surface area contributed by atoms with Gasteiger partial charge < -0.3 is 10.6 Å². The Bertz CT molecular complexity index is 383. The fourth-order valence-corrected chi connectivity index (χ4v) is 3.61. The summed E-state index contributed by atoms with van der Waals surface area (Å²) in [6, 6.07) is 4.97. The Morgan fingerprint density at radius 2 is 2.10 bits per heavy atom. The van der Waals surface area contributed by atoms with Gasteiger partial charge in [-0.25, -0.2) is 0 Å². The second-order valence-corrected chi connectivity index (χ2v) is 6.85. The maximum Gasteiger partial charge on any atom is 0.234 e. The van der Waals surface area contributed by atoms with Crippen LogP contribution in [0.4, 0.5) is 0 Å². The number of hydrogen-bond donors (Lipinski definition) is 2. The minimum atomic E-state index is 0.148. The van der Waals surface area contributed by atoms with Crippen molar-refractivity contribution in [1.82, 2.24) is 10.6 Å². The van der Waals surface area contributed by atoms with Gasteiger partial charge in [-0.15, -0.1) is 11.3 Å². The lowest BCUT2D eigenvalue weighted by Gasteiger charge is -2.18. The molecule has 0 aromatic carbocycles. The normalized spacial score (nSPS) is 18.4. The molecule has 0 spiro atoms. The van der Waals surface area contributed by atoms with E-state index in [0.717, 1.165) is 19.3 Å². The number of rotatable bonds is 6. The van der Waals surface area contributed by atoms with Gasteiger partial charge in [0, 0.05) is 17.0 Å². The highest BCUT2D eigenvalue weighted by Gasteiger charge is 2.15. The van der Waals surface area contributed by atoms with E-state index < -0.39 is 0 Å². The summed E-state index contributed by atoms with van der Waals surface area (Å²) in [6.45, 7) is 2.57. The standard InChI is InChI=1S/C16H26N2OS/c1-13(11-15-9-6-10-20-15)17-12-16(19)18-14-7-4-2-3-5-8-14/h6,9-10,13-14,17H,2-5,7-8,11-12H2,1H3,(H,18,19). The summed E-state index contributed by atoms with van der Waals surface area (Å²) in [5, 5.41) is 8.59. The van der Waals surface area contributed by atoms with E-state index in [9.17, 15) is 4.79 Å². The highest BCUT2D eigenvalue weighted by Crippen LogP contribution is 2.17. The molecule has 1 heterocycles. The SMILES string of the molecule is CC(Cc1cccs1)NCC(=O)NC1CCCCCC1. The molecule has 112 valence electrons. The summed E-state index contributed by atoms with van der Waals surface area (Å²) >= 11 is 1.78. The van der Waals surface area contributed by atoms with Gasteiger partial charge in [0.1, 0.15) is 0 Å². The first-order chi connectivity index (χ1) is 9.74. The molecule has 0 saturated heterocycles. The number of nitrogens with one attached hydrogen (secondary N) is 2. The molecule has 1 amide bonds. The molecule has 1 aliphatic rings. The van der Waals surface area contributed by atoms with Gasteiger partial charge in [-0.1, -0.05) is 31.7 Å². The van der Waals surface area contributed by atoms with Gasteiger partial charge in [-0.2, -0.15) is 0 Å². The van der Waals surface area contributed by atoms with Crippen LogP contribution in [0, 0.1) is 0 Å². The van der Waals surface area contributed by atoms with Gasteiger partial charge in [0.15, 0.2) is 0 Å². The Balaban J connectivity index is 1.63. The van der Waals surface area contributed by atoms with Crippen LogP contribution in [0.1, 0.15) is 50.3 Å². The molecule has 0 aliphatic heterocycles. The van der Waals surface area contributed by atoms with Crippen molar-refractivity contribution in [2.75, 3.05) is 6.54 Å². The quantitative estimate of drug-likeness (QED) is 0.792. The van der Waals surface area contributed by atoms with Gasteiger partial charge in [-0.05, 0) is 37.6 Å². The molecular weight excluding hydrogens is 268 g/mol. The minimum absolute atomic E-state index is 0.148. The molecule has 0 bridgehead atoms. The molecule has 0 radical (unpaired) electrons. The van der Waals surface area contributed by atoms with Crippen LogP contribution in [-0.2, 0) is 11.2 Å². The molecule has 1 aromatic rings. The average molecular weight is 294 g/mol. The van der Waals surface area contributed by atoms with Crippen molar-refractivity contribution in [3.05, 3.63) is 22.4 Å². The van der Waals surface area contributed by atoms with Crippen LogP contribution in [0.2, 0.25) is 0 Å². The Labute approximate surface area is 126 Å². The largest absolute Gasteiger partial charge is 0.352 e. The van der Waals surface area contributed by atoms with Crippen LogP contribution in [-0.4, -0.2) is 24.5 Å². The van der Waals surface area contributed by atoms with Gasteiger partial charge in [0.05, 0.1) is 6.54 Å². The molecule has 2 N–H and O–H groups in total. The molecule has 1 unspecified atom stereocenters. The van der Waals surface area contributed by atoms with Crippen molar-refractivity contribution < 1.29 is 4.79 Å². The minimum Gasteiger partial charge on any atom is -0.352 e. The van der Waals surface area contributed by atoms with Crippen LogP contribution in [0.15, 0.2) is 17.5 Å². The summed E-state index contributed by atoms with van der Waals surface area (Å²) in [7, 11) is 0. The van der Waals surface area contributed by atoms with E-state index in [-0.39, 0.29) is 5.91 Å². The smallest absolute Gasteiger partial charge is 0.234 e. The zero-order valence-electron chi connectivity index (χ0n) is 12.4. The molecule has 1 atom stereocenters. The summed E-state index contributed by atoms with van der Waals surface area (Å²) < 4.78 is 0. The predicted molar refractivity (Wildman–Crippen MR) is 85.1 cm³/mol. The van der Waals surface area contributed by atoms with E-state index in [0.29, 0.717) is 18.6 Å². The zero-order valence-corrected chi connectivity index (χ0v) is 13.2. The maximum atomic E-state index is 12.0. The third-order valence-electron chi connectivity index (χ3n) is 3.92. The van der Waals surface area contributed by atoms with Crippen molar-refractivity contribution >= 4 is 17.2 Å². The average Bonchev–Trinajstić information content (AvgIpc) is 2.80. The van der Waals surface area contributed by atoms with Crippen LogP contribution < -0.4 is 10.6 Å². The van der Waals surface area contributed by atoms with Gasteiger partial charge in [0.25, 0.3) is 0 Å². The van der Waals surface area contributed by atoms with E-state index in [1.807, 2.05) is 0 Å². The summed E-state index contributed by atoms with van der Waals surface area (Å²) in [4.78, 5) is 13.3. The van der Waals surface area contributed by atoms with E-state index in [2.05, 4.69) is 35.1 Å². The molecule has 1 aliphatic carbocycles. The number of amides is 1. The summed E-state index contributed by atoms with van der Waals surface area (Å²) in [5.74, 6) is 0.148. The maximum absolute atomic E-state index is 12.0. The molecule has 4 heteroatoms. The lowest BCUT2D eigenvalue weighted by Crippen LogP contribution is -2.42. The highest BCUT2D eigenvalue weighted by atomic mass is 32.1. The van der Waals surface area contributed by atoms with E-state index in [1.54, 1.807) is 11.3 Å². The van der Waals surface area contributed by atoms with E-state index in [1.165, 1.54) is 30.6 Å². The Hall–Kier alpha value is -0.870. The molecule has 1 saturated carbocycles. The summed E-state index contributed by atoms with van der Waals surface area (Å²) in [6.07, 6.45) is 8.45. The molecule has 1 aromatic heterocycles. The molecule has 1 fully saturated rings. The first kappa shape index (κ1) is 15.5. The van der Waals surface area contributed by atoms with Crippen molar-refractivity contribution in [2.45, 2.75) is 64.0 Å². The second-order valence-electron chi connectivity index (χ2n) is 5.82. The highest BCUT2D eigenvalue weighted by molar-refractivity contribution is 7.09. The summed E-state index contributed by atoms with van der Waals surface area (Å²) in [5.41, 5.74) is 0. The topological polar surface area (TPSA) is 41.1 Å². The Morgan fingerprint density at radius 3 is 2.75 bits per heavy atom. The van der Waals surface area contributed by atoms with Crippen LogP contribution >= 0.6 is 11.3 Å². The number of carbonyl (C=O) groups excluding carboxylic acids is 1.